The van der Waals surface area contributed by atoms with Gasteiger partial charge in [-0.3, -0.25) is 14.5 Å². The Hall–Kier alpha value is -1.79. The fraction of sp³-hybridized carbons (Fsp3) is 0.500. The highest BCUT2D eigenvalue weighted by atomic mass is 35.5. The molecule has 1 aromatic rings. The van der Waals surface area contributed by atoms with Crippen molar-refractivity contribution < 1.29 is 19.1 Å². The number of halogens is 2. The third-order valence-corrected chi connectivity index (χ3v) is 5.00. The summed E-state index contributed by atoms with van der Waals surface area (Å²) in [5.41, 5.74) is -0.517. The number of imide groups is 1. The Balaban J connectivity index is 1.96. The Labute approximate surface area is 162 Å². The van der Waals surface area contributed by atoms with Crippen LogP contribution in [0.3, 0.4) is 0 Å². The quantitative estimate of drug-likeness (QED) is 0.557. The SMILES string of the molecule is CC(C)CC[C@@]1(C)NC(=O)N(CC(=O)OCc2c(Cl)cccc2Cl)C1=O. The van der Waals surface area contributed by atoms with Crippen LogP contribution in [0.5, 0.6) is 0 Å². The summed E-state index contributed by atoms with van der Waals surface area (Å²) in [6.45, 7) is 5.17. The van der Waals surface area contributed by atoms with Crippen molar-refractivity contribution in [2.24, 2.45) is 5.92 Å². The number of urea groups is 1. The van der Waals surface area contributed by atoms with Gasteiger partial charge in [0.1, 0.15) is 18.7 Å². The van der Waals surface area contributed by atoms with Gasteiger partial charge in [-0.15, -0.1) is 0 Å². The Bertz CT molecular complexity index is 703. The molecule has 1 aliphatic rings. The van der Waals surface area contributed by atoms with Crippen LogP contribution in [0.4, 0.5) is 4.79 Å². The molecular weight excluding hydrogens is 379 g/mol. The monoisotopic (exact) mass is 400 g/mol. The van der Waals surface area contributed by atoms with Gasteiger partial charge in [0.05, 0.1) is 0 Å². The van der Waals surface area contributed by atoms with Crippen LogP contribution < -0.4 is 5.32 Å². The number of amides is 3. The number of carbonyl (C=O) groups is 3. The molecule has 1 aromatic carbocycles. The van der Waals surface area contributed by atoms with Crippen molar-refractivity contribution in [2.75, 3.05) is 6.54 Å². The normalized spacial score (nSPS) is 19.8. The maximum atomic E-state index is 12.6. The molecule has 8 heteroatoms. The van der Waals surface area contributed by atoms with Gasteiger partial charge >= 0.3 is 12.0 Å². The standard InChI is InChI=1S/C18H22Cl2N2O4/c1-11(2)7-8-18(3)16(24)22(17(25)21-18)9-15(23)26-10-12-13(19)5-4-6-14(12)20/h4-6,11H,7-10H2,1-3H3,(H,21,25)/t18-/m1/s1. The van der Waals surface area contributed by atoms with Crippen molar-refractivity contribution in [1.82, 2.24) is 10.2 Å². The van der Waals surface area contributed by atoms with Crippen molar-refractivity contribution in [3.05, 3.63) is 33.8 Å². The van der Waals surface area contributed by atoms with E-state index in [1.54, 1.807) is 25.1 Å². The molecular formula is C18H22Cl2N2O4. The molecule has 1 N–H and O–H groups in total. The highest BCUT2D eigenvalue weighted by Gasteiger charge is 2.48. The number of esters is 1. The van der Waals surface area contributed by atoms with E-state index >= 15 is 0 Å². The number of hydrogen-bond donors (Lipinski definition) is 1. The predicted octanol–water partition coefficient (Wildman–Crippen LogP) is 3.78. The van der Waals surface area contributed by atoms with E-state index in [-0.39, 0.29) is 6.61 Å². The van der Waals surface area contributed by atoms with E-state index in [0.717, 1.165) is 11.3 Å². The minimum atomic E-state index is -0.992. The van der Waals surface area contributed by atoms with E-state index in [9.17, 15) is 14.4 Å². The van der Waals surface area contributed by atoms with Gasteiger partial charge in [-0.1, -0.05) is 43.1 Å². The number of nitrogens with zero attached hydrogens (tertiary/aromatic N) is 1. The molecule has 0 saturated carbocycles. The molecule has 0 aliphatic carbocycles. The molecule has 6 nitrogen and oxygen atoms in total. The summed E-state index contributed by atoms with van der Waals surface area (Å²) in [6, 6.07) is 4.36. The second-order valence-electron chi connectivity index (χ2n) is 6.95. The molecule has 1 saturated heterocycles. The maximum Gasteiger partial charge on any atom is 0.326 e. The minimum absolute atomic E-state index is 0.133. The van der Waals surface area contributed by atoms with E-state index in [4.69, 9.17) is 27.9 Å². The van der Waals surface area contributed by atoms with Gasteiger partial charge in [0, 0.05) is 15.6 Å². The van der Waals surface area contributed by atoms with Gasteiger partial charge in [-0.25, -0.2) is 4.79 Å². The van der Waals surface area contributed by atoms with Crippen LogP contribution in [-0.4, -0.2) is 34.9 Å². The van der Waals surface area contributed by atoms with E-state index in [1.165, 1.54) is 0 Å². The maximum absolute atomic E-state index is 12.6. The highest BCUT2D eigenvalue weighted by Crippen LogP contribution is 2.26. The van der Waals surface area contributed by atoms with E-state index < -0.39 is 30.0 Å². The fourth-order valence-corrected chi connectivity index (χ4v) is 3.14. The van der Waals surface area contributed by atoms with Crippen molar-refractivity contribution in [3.8, 4) is 0 Å². The lowest BCUT2D eigenvalue weighted by atomic mass is 9.92. The van der Waals surface area contributed by atoms with Crippen LogP contribution in [0.2, 0.25) is 10.0 Å². The smallest absolute Gasteiger partial charge is 0.326 e. The summed E-state index contributed by atoms with van der Waals surface area (Å²) in [5.74, 6) is -0.732. The lowest BCUT2D eigenvalue weighted by Gasteiger charge is -2.22. The lowest BCUT2D eigenvalue weighted by molar-refractivity contribution is -0.148. The first-order chi connectivity index (χ1) is 12.1. The van der Waals surface area contributed by atoms with Crippen molar-refractivity contribution in [1.29, 1.82) is 0 Å². The summed E-state index contributed by atoms with van der Waals surface area (Å²) < 4.78 is 5.13. The van der Waals surface area contributed by atoms with Gasteiger partial charge in [0.25, 0.3) is 5.91 Å². The molecule has 0 radical (unpaired) electrons. The fourth-order valence-electron chi connectivity index (χ4n) is 2.64. The number of benzene rings is 1. The molecule has 142 valence electrons. The van der Waals surface area contributed by atoms with Crippen molar-refractivity contribution in [3.63, 3.8) is 0 Å². The molecule has 3 amide bonds. The third kappa shape index (κ3) is 4.68. The van der Waals surface area contributed by atoms with Crippen LogP contribution >= 0.6 is 23.2 Å². The van der Waals surface area contributed by atoms with Gasteiger partial charge in [0.2, 0.25) is 0 Å². The van der Waals surface area contributed by atoms with Crippen LogP contribution in [0.15, 0.2) is 18.2 Å². The lowest BCUT2D eigenvalue weighted by Crippen LogP contribution is -2.44. The number of hydrogen-bond acceptors (Lipinski definition) is 4. The molecule has 26 heavy (non-hydrogen) atoms. The number of carbonyl (C=O) groups excluding carboxylic acids is 3. The van der Waals surface area contributed by atoms with Gasteiger partial charge in [-0.05, 0) is 37.8 Å². The molecule has 1 fully saturated rings. The van der Waals surface area contributed by atoms with Crippen LogP contribution in [0, 0.1) is 5.92 Å². The van der Waals surface area contributed by atoms with Crippen molar-refractivity contribution in [2.45, 2.75) is 45.8 Å². The molecule has 0 aromatic heterocycles. The summed E-state index contributed by atoms with van der Waals surface area (Å²) in [5, 5.41) is 3.42. The Morgan fingerprint density at radius 1 is 1.27 bits per heavy atom. The van der Waals surface area contributed by atoms with Crippen LogP contribution in [-0.2, 0) is 20.9 Å². The van der Waals surface area contributed by atoms with Crippen molar-refractivity contribution >= 4 is 41.1 Å². The first kappa shape index (κ1) is 20.5. The second-order valence-corrected chi connectivity index (χ2v) is 7.76. The van der Waals surface area contributed by atoms with Crippen LogP contribution in [0.1, 0.15) is 39.2 Å². The second kappa shape index (κ2) is 8.27. The topological polar surface area (TPSA) is 75.7 Å². The zero-order valence-corrected chi connectivity index (χ0v) is 16.5. The third-order valence-electron chi connectivity index (χ3n) is 4.29. The summed E-state index contributed by atoms with van der Waals surface area (Å²) in [7, 11) is 0. The average Bonchev–Trinajstić information content (AvgIpc) is 2.76. The molecule has 0 unspecified atom stereocenters. The van der Waals surface area contributed by atoms with E-state index in [1.807, 2.05) is 13.8 Å². The zero-order valence-electron chi connectivity index (χ0n) is 15.0. The summed E-state index contributed by atoms with van der Waals surface area (Å²) in [6.07, 6.45) is 1.29. The minimum Gasteiger partial charge on any atom is -0.459 e. The number of rotatable bonds is 7. The Kier molecular flexibility index (Phi) is 6.53. The predicted molar refractivity (Wildman–Crippen MR) is 99.0 cm³/mol. The molecule has 0 bridgehead atoms. The zero-order chi connectivity index (χ0) is 19.5. The first-order valence-electron chi connectivity index (χ1n) is 8.36. The summed E-state index contributed by atoms with van der Waals surface area (Å²) >= 11 is 12.0. The number of nitrogens with one attached hydrogen (secondary N) is 1. The Morgan fingerprint density at radius 3 is 2.46 bits per heavy atom. The molecule has 1 aliphatic heterocycles. The molecule has 1 heterocycles. The summed E-state index contributed by atoms with van der Waals surface area (Å²) in [4.78, 5) is 37.6. The Morgan fingerprint density at radius 2 is 1.88 bits per heavy atom. The molecule has 1 atom stereocenters. The first-order valence-corrected chi connectivity index (χ1v) is 9.12. The van der Waals surface area contributed by atoms with Gasteiger partial charge in [-0.2, -0.15) is 0 Å². The largest absolute Gasteiger partial charge is 0.459 e. The van der Waals surface area contributed by atoms with E-state index in [0.29, 0.717) is 27.9 Å². The average molecular weight is 401 g/mol. The van der Waals surface area contributed by atoms with Gasteiger partial charge < -0.3 is 10.1 Å². The van der Waals surface area contributed by atoms with Gasteiger partial charge in [0.15, 0.2) is 0 Å². The number of ether oxygens (including phenoxy) is 1. The molecule has 2 rings (SSSR count). The highest BCUT2D eigenvalue weighted by molar-refractivity contribution is 6.35. The van der Waals surface area contributed by atoms with E-state index in [2.05, 4.69) is 5.32 Å². The molecule has 0 spiro atoms. The van der Waals surface area contributed by atoms with Crippen LogP contribution in [0.25, 0.3) is 0 Å².